The summed E-state index contributed by atoms with van der Waals surface area (Å²) in [5.41, 5.74) is 1.09. The Bertz CT molecular complexity index is 1370. The molecule has 1 spiro atoms. The van der Waals surface area contributed by atoms with Gasteiger partial charge in [0.25, 0.3) is 6.43 Å². The Hall–Kier alpha value is -2.89. The molecule has 0 radical (unpaired) electrons. The first-order valence-electron chi connectivity index (χ1n) is 14.2. The first-order chi connectivity index (χ1) is 19.3. The maximum atomic E-state index is 14.2. The Kier molecular flexibility index (Phi) is 6.43. The minimum atomic E-state index is -2.77. The van der Waals surface area contributed by atoms with Crippen molar-refractivity contribution in [2.45, 2.75) is 57.8 Å². The topological polar surface area (TPSA) is 83.8 Å². The van der Waals surface area contributed by atoms with E-state index in [4.69, 9.17) is 28.9 Å². The SMILES string of the molecule is CC1(C)COC2(C[C@H]3C[C@@H](Oc4cc(-n5c(C(F)F)nc6ccccc65)nc(N5CCOCC5)n4)C[C@H]3C2)OC1. The molecule has 9 nitrogen and oxygen atoms in total. The van der Waals surface area contributed by atoms with Gasteiger partial charge in [-0.15, -0.1) is 0 Å². The number of hydrogen-bond acceptors (Lipinski definition) is 8. The summed E-state index contributed by atoms with van der Waals surface area (Å²) < 4.78 is 54.3. The molecule has 2 saturated carbocycles. The lowest BCUT2D eigenvalue weighted by molar-refractivity contribution is -0.297. The van der Waals surface area contributed by atoms with E-state index >= 15 is 0 Å². The molecular weight excluding hydrogens is 520 g/mol. The number of ether oxygens (including phenoxy) is 4. The zero-order valence-corrected chi connectivity index (χ0v) is 22.9. The highest BCUT2D eigenvalue weighted by atomic mass is 19.3. The van der Waals surface area contributed by atoms with Crippen molar-refractivity contribution in [1.29, 1.82) is 0 Å². The lowest BCUT2D eigenvalue weighted by Gasteiger charge is -2.42. The second-order valence-corrected chi connectivity index (χ2v) is 12.4. The van der Waals surface area contributed by atoms with Crippen LogP contribution in [0.25, 0.3) is 16.9 Å². The predicted octanol–water partition coefficient (Wildman–Crippen LogP) is 4.93. The van der Waals surface area contributed by atoms with Crippen LogP contribution in [-0.2, 0) is 14.2 Å². The molecule has 3 aromatic rings. The van der Waals surface area contributed by atoms with Gasteiger partial charge in [-0.3, -0.25) is 4.57 Å². The van der Waals surface area contributed by atoms with E-state index in [-0.39, 0.29) is 17.3 Å². The standard InChI is InChI=1S/C29H35F2N5O4/c1-28(2)16-38-29(39-17-28)14-18-11-20(12-19(18)15-29)40-24-13-23(33-27(34-24)35-7-9-37-10-8-35)36-22-6-4-3-5-21(22)32-26(36)25(30)31/h3-6,13,18-20,25H,7-12,14-17H2,1-2H3/t18-,19+,20-. The molecule has 0 N–H and O–H groups in total. The highest BCUT2D eigenvalue weighted by Crippen LogP contribution is 2.53. The summed E-state index contributed by atoms with van der Waals surface area (Å²) >= 11 is 0. The molecular formula is C29H35F2N5O4. The van der Waals surface area contributed by atoms with Crippen molar-refractivity contribution < 1.29 is 27.7 Å². The molecule has 214 valence electrons. The van der Waals surface area contributed by atoms with Crippen molar-refractivity contribution in [3.63, 3.8) is 0 Å². The number of aromatic nitrogens is 4. The number of benzene rings is 1. The van der Waals surface area contributed by atoms with E-state index in [0.29, 0.717) is 80.0 Å². The number of para-hydroxylation sites is 2. The van der Waals surface area contributed by atoms with Gasteiger partial charge in [0.1, 0.15) is 11.9 Å². The molecule has 7 rings (SSSR count). The molecule has 2 saturated heterocycles. The summed E-state index contributed by atoms with van der Waals surface area (Å²) in [6, 6.07) is 8.75. The highest BCUT2D eigenvalue weighted by molar-refractivity contribution is 5.78. The number of alkyl halides is 2. The Labute approximate surface area is 231 Å². The van der Waals surface area contributed by atoms with Gasteiger partial charge in [0.2, 0.25) is 11.8 Å². The number of morpholine rings is 1. The number of nitrogens with zero attached hydrogens (tertiary/aromatic N) is 5. The molecule has 0 amide bonds. The summed E-state index contributed by atoms with van der Waals surface area (Å²) in [6.45, 7) is 8.08. The van der Waals surface area contributed by atoms with Crippen LogP contribution >= 0.6 is 0 Å². The third-order valence-corrected chi connectivity index (χ3v) is 8.67. The van der Waals surface area contributed by atoms with Crippen LogP contribution in [0.2, 0.25) is 0 Å². The lowest BCUT2D eigenvalue weighted by atomic mass is 9.94. The smallest absolute Gasteiger partial charge is 0.296 e. The fraction of sp³-hybridized carbons (Fsp3) is 0.621. The van der Waals surface area contributed by atoms with Crippen molar-refractivity contribution in [3.05, 3.63) is 36.2 Å². The first-order valence-corrected chi connectivity index (χ1v) is 14.2. The molecule has 0 bridgehead atoms. The number of anilines is 1. The Morgan fingerprint density at radius 3 is 2.38 bits per heavy atom. The Balaban J connectivity index is 1.16. The number of hydrogen-bond donors (Lipinski definition) is 0. The molecule has 4 fully saturated rings. The highest BCUT2D eigenvalue weighted by Gasteiger charge is 2.54. The van der Waals surface area contributed by atoms with Crippen LogP contribution in [0.5, 0.6) is 5.88 Å². The van der Waals surface area contributed by atoms with E-state index in [0.717, 1.165) is 25.7 Å². The molecule has 2 aromatic heterocycles. The third kappa shape index (κ3) is 4.81. The number of fused-ring (bicyclic) bond motifs is 2. The van der Waals surface area contributed by atoms with Crippen molar-refractivity contribution in [3.8, 4) is 11.7 Å². The fourth-order valence-corrected chi connectivity index (χ4v) is 6.69. The number of imidazole rings is 1. The van der Waals surface area contributed by atoms with Gasteiger partial charge in [-0.05, 0) is 36.8 Å². The van der Waals surface area contributed by atoms with Gasteiger partial charge in [0.15, 0.2) is 11.6 Å². The molecule has 40 heavy (non-hydrogen) atoms. The van der Waals surface area contributed by atoms with Gasteiger partial charge in [-0.1, -0.05) is 26.0 Å². The van der Waals surface area contributed by atoms with Gasteiger partial charge >= 0.3 is 0 Å². The quantitative estimate of drug-likeness (QED) is 0.439. The van der Waals surface area contributed by atoms with Crippen molar-refractivity contribution in [2.24, 2.45) is 17.3 Å². The van der Waals surface area contributed by atoms with E-state index in [2.05, 4.69) is 18.8 Å². The minimum Gasteiger partial charge on any atom is -0.474 e. The minimum absolute atomic E-state index is 0.0261. The average Bonchev–Trinajstić information content (AvgIpc) is 3.61. The second-order valence-electron chi connectivity index (χ2n) is 12.4. The van der Waals surface area contributed by atoms with Gasteiger partial charge in [0.05, 0.1) is 37.5 Å². The van der Waals surface area contributed by atoms with Crippen LogP contribution in [0.1, 0.15) is 51.8 Å². The summed E-state index contributed by atoms with van der Waals surface area (Å²) in [5, 5.41) is 0. The third-order valence-electron chi connectivity index (χ3n) is 8.67. The maximum Gasteiger partial charge on any atom is 0.296 e. The Morgan fingerprint density at radius 2 is 1.68 bits per heavy atom. The lowest BCUT2D eigenvalue weighted by Crippen LogP contribution is -2.46. The van der Waals surface area contributed by atoms with Gasteiger partial charge in [-0.25, -0.2) is 13.8 Å². The van der Waals surface area contributed by atoms with E-state index in [9.17, 15) is 8.78 Å². The number of rotatable bonds is 5. The molecule has 2 aliphatic carbocycles. The molecule has 3 atom stereocenters. The summed E-state index contributed by atoms with van der Waals surface area (Å²) in [6.07, 6.45) is 0.716. The second kappa shape index (κ2) is 9.88. The molecule has 1 aromatic carbocycles. The van der Waals surface area contributed by atoms with Crippen LogP contribution in [-0.4, -0.2) is 70.9 Å². The fourth-order valence-electron chi connectivity index (χ4n) is 6.69. The van der Waals surface area contributed by atoms with Crippen molar-refractivity contribution in [2.75, 3.05) is 44.4 Å². The van der Waals surface area contributed by atoms with Gasteiger partial charge < -0.3 is 23.8 Å². The average molecular weight is 556 g/mol. The zero-order valence-electron chi connectivity index (χ0n) is 22.9. The zero-order chi connectivity index (χ0) is 27.5. The van der Waals surface area contributed by atoms with Crippen molar-refractivity contribution >= 4 is 17.0 Å². The van der Waals surface area contributed by atoms with Crippen molar-refractivity contribution in [1.82, 2.24) is 19.5 Å². The number of halogens is 2. The van der Waals surface area contributed by atoms with Crippen LogP contribution in [0.4, 0.5) is 14.7 Å². The maximum absolute atomic E-state index is 14.2. The molecule has 4 aliphatic rings. The van der Waals surface area contributed by atoms with Gasteiger partial charge in [-0.2, -0.15) is 9.97 Å². The van der Waals surface area contributed by atoms with E-state index in [1.54, 1.807) is 24.3 Å². The first kappa shape index (κ1) is 26.0. The van der Waals surface area contributed by atoms with Crippen LogP contribution < -0.4 is 9.64 Å². The van der Waals surface area contributed by atoms with E-state index < -0.39 is 12.2 Å². The largest absolute Gasteiger partial charge is 0.474 e. The summed E-state index contributed by atoms with van der Waals surface area (Å²) in [7, 11) is 0. The molecule has 4 heterocycles. The van der Waals surface area contributed by atoms with Crippen LogP contribution in [0.3, 0.4) is 0 Å². The summed E-state index contributed by atoms with van der Waals surface area (Å²) in [5.74, 6) is 1.24. The van der Waals surface area contributed by atoms with Gasteiger partial charge in [0, 0.05) is 37.4 Å². The summed E-state index contributed by atoms with van der Waals surface area (Å²) in [4.78, 5) is 15.7. The molecule has 0 unspecified atom stereocenters. The molecule has 2 aliphatic heterocycles. The van der Waals surface area contributed by atoms with Crippen LogP contribution in [0, 0.1) is 17.3 Å². The van der Waals surface area contributed by atoms with E-state index in [1.807, 2.05) is 11.0 Å². The molecule has 11 heteroatoms. The van der Waals surface area contributed by atoms with Crippen LogP contribution in [0.15, 0.2) is 30.3 Å². The normalized spacial score (nSPS) is 27.5. The predicted molar refractivity (Wildman–Crippen MR) is 143 cm³/mol. The van der Waals surface area contributed by atoms with E-state index in [1.165, 1.54) is 4.57 Å². The Morgan fingerprint density at radius 1 is 0.975 bits per heavy atom. The monoisotopic (exact) mass is 555 g/mol.